The van der Waals surface area contributed by atoms with Crippen LogP contribution in [0.2, 0.25) is 0 Å². The van der Waals surface area contributed by atoms with Crippen LogP contribution in [0.25, 0.3) is 11.0 Å². The largest absolute Gasteiger partial charge is 0.347 e. The van der Waals surface area contributed by atoms with Crippen molar-refractivity contribution in [2.75, 3.05) is 0 Å². The van der Waals surface area contributed by atoms with Gasteiger partial charge in [-0.2, -0.15) is 0 Å². The molecule has 2 heterocycles. The van der Waals surface area contributed by atoms with Gasteiger partial charge in [-0.1, -0.05) is 32.0 Å². The van der Waals surface area contributed by atoms with E-state index in [1.165, 1.54) is 12.3 Å². The Balaban J connectivity index is 1.53. The second-order valence-electron chi connectivity index (χ2n) is 9.66. The highest BCUT2D eigenvalue weighted by atomic mass is 16.2. The summed E-state index contributed by atoms with van der Waals surface area (Å²) in [5.74, 6) is -2.80. The van der Waals surface area contributed by atoms with Gasteiger partial charge in [0.1, 0.15) is 12.1 Å². The molecule has 4 rings (SSSR count). The number of fused-ring (bicyclic) bond motifs is 1. The lowest BCUT2D eigenvalue weighted by Gasteiger charge is -2.23. The number of hydrogen-bond donors (Lipinski definition) is 5. The second-order valence-corrected chi connectivity index (χ2v) is 9.66. The van der Waals surface area contributed by atoms with E-state index < -0.39 is 41.1 Å². The zero-order valence-electron chi connectivity index (χ0n) is 20.7. The number of nitrogens with one attached hydrogen (secondary N) is 5. The molecule has 2 aromatic heterocycles. The predicted molar refractivity (Wildman–Crippen MR) is 136 cm³/mol. The molecule has 1 aliphatic carbocycles. The van der Waals surface area contributed by atoms with Gasteiger partial charge in [-0.3, -0.25) is 24.0 Å². The van der Waals surface area contributed by atoms with Crippen LogP contribution in [0.1, 0.15) is 49.3 Å². The van der Waals surface area contributed by atoms with E-state index in [-0.39, 0.29) is 36.2 Å². The average molecular weight is 507 g/mol. The van der Waals surface area contributed by atoms with Gasteiger partial charge in [-0.05, 0) is 43.4 Å². The van der Waals surface area contributed by atoms with Crippen LogP contribution in [0.4, 0.5) is 0 Å². The van der Waals surface area contributed by atoms with E-state index in [4.69, 9.17) is 0 Å². The molecule has 5 N–H and O–H groups in total. The minimum Gasteiger partial charge on any atom is -0.347 e. The molecule has 0 saturated heterocycles. The lowest BCUT2D eigenvalue weighted by atomic mass is 9.99. The number of nitrogens with zero attached hydrogens (tertiary/aromatic N) is 1. The Morgan fingerprint density at radius 1 is 1.03 bits per heavy atom. The van der Waals surface area contributed by atoms with Crippen molar-refractivity contribution in [2.24, 2.45) is 5.92 Å². The number of amides is 3. The van der Waals surface area contributed by atoms with E-state index in [0.29, 0.717) is 11.0 Å². The minimum absolute atomic E-state index is 0.0241. The molecule has 1 fully saturated rings. The van der Waals surface area contributed by atoms with E-state index in [9.17, 15) is 24.0 Å². The normalized spacial score (nSPS) is 14.7. The minimum atomic E-state index is -1.28. The van der Waals surface area contributed by atoms with Crippen molar-refractivity contribution in [3.05, 3.63) is 64.3 Å². The average Bonchev–Trinajstić information content (AvgIpc) is 3.57. The van der Waals surface area contributed by atoms with Crippen molar-refractivity contribution in [1.29, 1.82) is 0 Å². The number of pyridine rings is 1. The Labute approximate surface area is 212 Å². The quantitative estimate of drug-likeness (QED) is 0.243. The van der Waals surface area contributed by atoms with Gasteiger partial charge in [-0.15, -0.1) is 0 Å². The van der Waals surface area contributed by atoms with Crippen molar-refractivity contribution in [3.63, 3.8) is 0 Å². The van der Waals surface area contributed by atoms with Gasteiger partial charge < -0.3 is 25.9 Å². The van der Waals surface area contributed by atoms with Crippen molar-refractivity contribution in [3.8, 4) is 0 Å². The molecule has 1 aromatic carbocycles. The van der Waals surface area contributed by atoms with Crippen LogP contribution in [-0.2, 0) is 20.8 Å². The molecular formula is C26H30N6O5. The van der Waals surface area contributed by atoms with Crippen LogP contribution in [0.15, 0.2) is 47.4 Å². The third kappa shape index (κ3) is 6.69. The first-order valence-corrected chi connectivity index (χ1v) is 12.3. The molecule has 3 aromatic rings. The first-order chi connectivity index (χ1) is 17.7. The molecule has 37 heavy (non-hydrogen) atoms. The zero-order chi connectivity index (χ0) is 26.5. The fourth-order valence-corrected chi connectivity index (χ4v) is 3.95. The summed E-state index contributed by atoms with van der Waals surface area (Å²) < 4.78 is 0. The molecule has 194 valence electrons. The van der Waals surface area contributed by atoms with Gasteiger partial charge in [0.05, 0.1) is 11.0 Å². The number of aromatic nitrogens is 3. The standard InChI is InChI=1S/C26H30N6O5/c1-14(2)12-20(32-26(37)22-29-17-7-3-4-8-18(17)30-22)24(35)31-19(13-15-6-5-11-27-23(15)34)21(33)25(36)28-16-9-10-16/h3-8,11,14,16,19-20H,9-10,12-13H2,1-2H3,(H,27,34)(H,28,36)(H,29,30)(H,31,35)(H,32,37). The number of para-hydroxylation sites is 2. The van der Waals surface area contributed by atoms with Crippen LogP contribution in [0.3, 0.4) is 0 Å². The highest BCUT2D eigenvalue weighted by molar-refractivity contribution is 6.38. The molecule has 2 atom stereocenters. The Hall–Kier alpha value is -4.28. The summed E-state index contributed by atoms with van der Waals surface area (Å²) in [5, 5.41) is 7.93. The van der Waals surface area contributed by atoms with Crippen molar-refractivity contribution >= 4 is 34.5 Å². The van der Waals surface area contributed by atoms with Gasteiger partial charge >= 0.3 is 0 Å². The first kappa shape index (κ1) is 25.8. The molecule has 11 heteroatoms. The van der Waals surface area contributed by atoms with E-state index in [1.807, 2.05) is 19.9 Å². The summed E-state index contributed by atoms with van der Waals surface area (Å²) >= 11 is 0. The number of imidazole rings is 1. The summed E-state index contributed by atoms with van der Waals surface area (Å²) in [5.41, 5.74) is 1.11. The summed E-state index contributed by atoms with van der Waals surface area (Å²) in [4.78, 5) is 73.7. The summed E-state index contributed by atoms with van der Waals surface area (Å²) in [7, 11) is 0. The van der Waals surface area contributed by atoms with Gasteiger partial charge in [0.25, 0.3) is 17.4 Å². The van der Waals surface area contributed by atoms with Crippen molar-refractivity contribution in [1.82, 2.24) is 30.9 Å². The highest BCUT2D eigenvalue weighted by Gasteiger charge is 2.34. The molecule has 0 bridgehead atoms. The molecule has 0 radical (unpaired) electrons. The van der Waals surface area contributed by atoms with Crippen molar-refractivity contribution in [2.45, 2.75) is 57.7 Å². The Bertz CT molecular complexity index is 1340. The molecule has 0 aliphatic heterocycles. The lowest BCUT2D eigenvalue weighted by Crippen LogP contribution is -2.55. The molecule has 1 aliphatic rings. The van der Waals surface area contributed by atoms with E-state index in [1.54, 1.807) is 24.3 Å². The monoisotopic (exact) mass is 506 g/mol. The lowest BCUT2D eigenvalue weighted by molar-refractivity contribution is -0.140. The first-order valence-electron chi connectivity index (χ1n) is 12.3. The van der Waals surface area contributed by atoms with Gasteiger partial charge in [0, 0.05) is 24.2 Å². The van der Waals surface area contributed by atoms with Crippen LogP contribution in [0.5, 0.6) is 0 Å². The van der Waals surface area contributed by atoms with E-state index >= 15 is 0 Å². The Morgan fingerprint density at radius 3 is 2.46 bits per heavy atom. The fraction of sp³-hybridized carbons (Fsp3) is 0.385. The molecule has 2 unspecified atom stereocenters. The number of ketones is 1. The van der Waals surface area contributed by atoms with Gasteiger partial charge in [0.15, 0.2) is 5.82 Å². The molecule has 11 nitrogen and oxygen atoms in total. The summed E-state index contributed by atoms with van der Waals surface area (Å²) in [6.45, 7) is 3.78. The maximum atomic E-state index is 13.3. The number of benzene rings is 1. The Kier molecular flexibility index (Phi) is 7.80. The maximum absolute atomic E-state index is 13.3. The number of aromatic amines is 2. The number of H-pyrrole nitrogens is 2. The van der Waals surface area contributed by atoms with E-state index in [2.05, 4.69) is 30.9 Å². The van der Waals surface area contributed by atoms with Crippen molar-refractivity contribution < 1.29 is 19.2 Å². The fourth-order valence-electron chi connectivity index (χ4n) is 3.95. The third-order valence-electron chi connectivity index (χ3n) is 6.03. The molecule has 1 saturated carbocycles. The molecule has 0 spiro atoms. The van der Waals surface area contributed by atoms with Crippen LogP contribution in [0, 0.1) is 5.92 Å². The number of rotatable bonds is 11. The van der Waals surface area contributed by atoms with Gasteiger partial charge in [-0.25, -0.2) is 4.98 Å². The van der Waals surface area contributed by atoms with Crippen LogP contribution in [-0.4, -0.2) is 56.6 Å². The Morgan fingerprint density at radius 2 is 1.78 bits per heavy atom. The number of carbonyl (C=O) groups is 4. The number of hydrogen-bond acceptors (Lipinski definition) is 6. The topological polar surface area (TPSA) is 166 Å². The van der Waals surface area contributed by atoms with Crippen LogP contribution >= 0.6 is 0 Å². The summed E-state index contributed by atoms with van der Waals surface area (Å²) in [6.07, 6.45) is 3.13. The maximum Gasteiger partial charge on any atom is 0.289 e. The highest BCUT2D eigenvalue weighted by Crippen LogP contribution is 2.18. The van der Waals surface area contributed by atoms with Crippen LogP contribution < -0.4 is 21.5 Å². The number of carbonyl (C=O) groups excluding carboxylic acids is 4. The number of Topliss-reactive ketones (excluding diaryl/α,β-unsaturated/α-hetero) is 1. The predicted octanol–water partition coefficient (Wildman–Crippen LogP) is 0.971. The molecule has 3 amide bonds. The van der Waals surface area contributed by atoms with Gasteiger partial charge in [0.2, 0.25) is 11.7 Å². The molecular weight excluding hydrogens is 476 g/mol. The SMILES string of the molecule is CC(C)CC(NC(=O)c1nc2ccccc2[nH]1)C(=O)NC(Cc1ccc[nH]c1=O)C(=O)C(=O)NC1CC1. The second kappa shape index (κ2) is 11.2. The smallest absolute Gasteiger partial charge is 0.289 e. The zero-order valence-corrected chi connectivity index (χ0v) is 20.7. The third-order valence-corrected chi connectivity index (χ3v) is 6.03. The van der Waals surface area contributed by atoms with E-state index in [0.717, 1.165) is 12.8 Å². The summed E-state index contributed by atoms with van der Waals surface area (Å²) in [6, 6.07) is 7.94.